The number of rotatable bonds is 27. The Balaban J connectivity index is 1.04. The number of likely N-dealkylation sites (N-methyl/N-ethyl adjacent to an activating group) is 3. The van der Waals surface area contributed by atoms with Crippen LogP contribution in [0.3, 0.4) is 0 Å². The highest BCUT2D eigenvalue weighted by Gasteiger charge is 2.48. The van der Waals surface area contributed by atoms with Crippen LogP contribution >= 0.6 is 11.8 Å². The normalized spacial score (nSPS) is 25.2. The molecule has 17 amide bonds. The molecule has 15 atom stereocenters. The van der Waals surface area contributed by atoms with Crippen molar-refractivity contribution in [3.8, 4) is 5.75 Å². The van der Waals surface area contributed by atoms with Crippen LogP contribution < -0.4 is 76.1 Å². The molecule has 3 aliphatic heterocycles. The molecule has 4 aliphatic rings. The molecule has 23 N–H and O–H groups in total. The van der Waals surface area contributed by atoms with Gasteiger partial charge < -0.3 is 126 Å². The van der Waals surface area contributed by atoms with Crippen LogP contribution in [-0.4, -0.2) is 311 Å². The molecule has 6 aromatic rings. The standard InChI is InChI=1S/C95H133N23O20S/c1-7-9-25-74-88(131)107-66(35-37-97)85(128)113-73(83(126)103-48-79(99)121)50-139-51-80(122)105-70(39-54-28-30-60(119)31-29-54)91(134)114(4)53(3)82(125)111-72(44-78(98)120)94(137)117-38-18-27-75(117)89(132)110-69(43-59-47-100-52-104-59)87(130)108-67(32-33-81(123)124)93(136)118-49-58(55-19-12-11-13-20-55)42-77(118)90(133)109-68(40-56-45-101-63-23-16-14-21-61(56)63)86(129)106-65(34-36-96)84(127)112-71(41-57-46-102-64-24-17-15-22-62(57)64)92(135)116(6)76(26-10-8-2)95(138)115(74)5/h14-17,21-24,28-31,45-47,52-53,55,58,65-77,101-102,119H,7-13,18-20,25-27,32-44,48-51,96-97H2,1-6H3,(H2,98,120)(H2,99,121)(H,100,104)(H,103,126)(H,105,122)(H,106,129)(H,107,131)(H,108,130)(H,109,133)(H,110,132)(H,111,125)(H,112,127)(H,113,128)(H,123,124)/t53-,58+,65-,66-,67-,68-,69-,70-,71-,72-,73-,74-,75-,76-,77-/m0/s1. The van der Waals surface area contributed by atoms with Gasteiger partial charge in [0, 0.05) is 112 Å². The number of aromatic hydroxyl groups is 1. The number of aromatic nitrogens is 4. The number of hydrogen-bond acceptors (Lipinski definition) is 23. The minimum atomic E-state index is -1.80. The van der Waals surface area contributed by atoms with Gasteiger partial charge in [-0.05, 0) is 124 Å². The van der Waals surface area contributed by atoms with Crippen LogP contribution in [0.5, 0.6) is 5.75 Å². The van der Waals surface area contributed by atoms with Crippen molar-refractivity contribution in [1.29, 1.82) is 0 Å². The second-order valence-corrected chi connectivity index (χ2v) is 37.3. The molecule has 1 aliphatic carbocycles. The van der Waals surface area contributed by atoms with Gasteiger partial charge in [-0.1, -0.05) is 120 Å². The molecule has 0 radical (unpaired) electrons. The van der Waals surface area contributed by atoms with Crippen LogP contribution in [0, 0.1) is 11.8 Å². The first-order valence-electron chi connectivity index (χ1n) is 47.5. The van der Waals surface area contributed by atoms with Crippen molar-refractivity contribution in [2.24, 2.45) is 34.8 Å². The Hall–Kier alpha value is -13.5. The van der Waals surface area contributed by atoms with E-state index in [4.69, 9.17) is 22.9 Å². The molecule has 1 saturated carbocycles. The summed E-state index contributed by atoms with van der Waals surface area (Å²) in [7, 11) is 3.97. The lowest BCUT2D eigenvalue weighted by Crippen LogP contribution is -2.61. The van der Waals surface area contributed by atoms with Crippen molar-refractivity contribution < 1.29 is 96.5 Å². The molecule has 0 unspecified atom stereocenters. The van der Waals surface area contributed by atoms with Crippen molar-refractivity contribution in [2.75, 3.05) is 65.4 Å². The molecular formula is C95H133N23O20S. The van der Waals surface area contributed by atoms with Crippen molar-refractivity contribution >= 4 is 140 Å². The lowest BCUT2D eigenvalue weighted by molar-refractivity contribution is -0.149. The number of nitrogens with one attached hydrogen (secondary N) is 13. The summed E-state index contributed by atoms with van der Waals surface area (Å²) in [6, 6.07) is -1.57. The summed E-state index contributed by atoms with van der Waals surface area (Å²) >= 11 is 0.772. The van der Waals surface area contributed by atoms with E-state index in [2.05, 4.69) is 73.1 Å². The van der Waals surface area contributed by atoms with Gasteiger partial charge in [-0.15, -0.1) is 11.8 Å². The number of imidazole rings is 1. The monoisotopic (exact) mass is 1950 g/mol. The fraction of sp³-hybridized carbons (Fsp3) is 0.547. The number of nitrogens with two attached hydrogens (primary N) is 4. The van der Waals surface area contributed by atoms with Crippen LogP contribution in [-0.2, 0) is 112 Å². The van der Waals surface area contributed by atoms with Gasteiger partial charge >= 0.3 is 5.97 Å². The van der Waals surface area contributed by atoms with E-state index in [-0.39, 0.29) is 120 Å². The number of carboxylic acid groups (broad SMARTS) is 1. The second-order valence-electron chi connectivity index (χ2n) is 36.3. The van der Waals surface area contributed by atoms with E-state index in [1.165, 1.54) is 79.6 Å². The number of nitrogens with zero attached hydrogens (tertiary/aromatic N) is 6. The maximum Gasteiger partial charge on any atom is 0.303 e. The molecule has 43 nitrogen and oxygen atoms in total. The number of phenolic OH excluding ortho intramolecular Hbond substituents is 1. The van der Waals surface area contributed by atoms with E-state index in [1.54, 1.807) is 48.8 Å². The lowest BCUT2D eigenvalue weighted by Gasteiger charge is -2.36. The first-order chi connectivity index (χ1) is 66.5. The van der Waals surface area contributed by atoms with Crippen LogP contribution in [0.1, 0.15) is 165 Å². The van der Waals surface area contributed by atoms with Gasteiger partial charge in [0.2, 0.25) is 100 Å². The first-order valence-corrected chi connectivity index (χ1v) is 48.7. The number of aliphatic carboxylic acids is 1. The summed E-state index contributed by atoms with van der Waals surface area (Å²) in [6.45, 7) is 3.62. The van der Waals surface area contributed by atoms with Gasteiger partial charge in [-0.25, -0.2) is 4.98 Å². The maximum atomic E-state index is 15.9. The Morgan fingerprint density at radius 1 is 0.496 bits per heavy atom. The molecule has 6 heterocycles. The van der Waals surface area contributed by atoms with E-state index in [0.29, 0.717) is 64.2 Å². The van der Waals surface area contributed by atoms with Crippen LogP contribution in [0.4, 0.5) is 0 Å². The Labute approximate surface area is 809 Å². The smallest absolute Gasteiger partial charge is 0.303 e. The van der Waals surface area contributed by atoms with E-state index in [9.17, 15) is 48.6 Å². The number of para-hydroxylation sites is 2. The number of primary amides is 2. The van der Waals surface area contributed by atoms with Gasteiger partial charge in [-0.2, -0.15) is 0 Å². The fourth-order valence-electron chi connectivity index (χ4n) is 18.5. The third-order valence-electron chi connectivity index (χ3n) is 26.4. The number of carboxylic acids is 1. The predicted octanol–water partition coefficient (Wildman–Crippen LogP) is -0.832. The summed E-state index contributed by atoms with van der Waals surface area (Å²) in [4.78, 5) is 285. The number of carbonyl (C=O) groups excluding carboxylic acids is 17. The summed E-state index contributed by atoms with van der Waals surface area (Å²) in [5, 5.41) is 48.8. The molecule has 3 aromatic heterocycles. The second kappa shape index (κ2) is 51.8. The molecule has 3 saturated heterocycles. The average Bonchev–Trinajstić information content (AvgIpc) is 1.64. The number of thioether (sulfide) groups is 1. The minimum absolute atomic E-state index is 0.0117. The molecule has 3 aromatic carbocycles. The summed E-state index contributed by atoms with van der Waals surface area (Å²) in [5.41, 5.74) is 26.7. The zero-order valence-electron chi connectivity index (χ0n) is 79.3. The molecule has 0 bridgehead atoms. The number of aromatic amines is 3. The van der Waals surface area contributed by atoms with E-state index in [1.807, 2.05) is 26.0 Å². The van der Waals surface area contributed by atoms with E-state index in [0.717, 1.165) is 53.7 Å². The van der Waals surface area contributed by atoms with Gasteiger partial charge in [-0.3, -0.25) is 86.3 Å². The SMILES string of the molecule is CCCC[C@H]1C(=O)N(C)[C@@H](CCCC)C(=O)N[C@@H](CCN)C(=O)N[C@H](C(=O)NCC(N)=O)CSCC(=O)N[C@@H](Cc2ccc(O)cc2)C(=O)N(C)[C@@H](C)C(=O)N[C@@H](CC(N)=O)C(=O)N2CCC[C@H]2C(=O)N[C@@H](Cc2c[nH]cn2)C(=O)N[C@@H](CCC(=O)O)C(=O)N2C[C@H](C3CCCCC3)C[C@H]2C(=O)N[C@@H](Cc2c[nH]c3ccccc23)C(=O)N[C@@H](CCN)C(=O)N[C@@H](Cc2c[nH]c3ccccc23)C(=O)N1C. The van der Waals surface area contributed by atoms with Crippen LogP contribution in [0.2, 0.25) is 0 Å². The number of amides is 17. The molecule has 0 spiro atoms. The average molecular weight is 1950 g/mol. The third kappa shape index (κ3) is 29.5. The molecule has 4 fully saturated rings. The number of unbranched alkanes of at least 4 members (excludes halogenated alkanes) is 2. The number of benzene rings is 3. The van der Waals surface area contributed by atoms with Crippen molar-refractivity contribution in [3.63, 3.8) is 0 Å². The van der Waals surface area contributed by atoms with Crippen LogP contribution in [0.15, 0.2) is 97.7 Å². The number of fused-ring (bicyclic) bond motifs is 4. The third-order valence-corrected chi connectivity index (χ3v) is 27.4. The highest BCUT2D eigenvalue weighted by molar-refractivity contribution is 8.00. The van der Waals surface area contributed by atoms with Gasteiger partial charge in [0.25, 0.3) is 0 Å². The topological polar surface area (TPSA) is 649 Å². The highest BCUT2D eigenvalue weighted by Crippen LogP contribution is 2.39. The zero-order chi connectivity index (χ0) is 101. The molecule has 139 heavy (non-hydrogen) atoms. The number of hydrogen-bond donors (Lipinski definition) is 19. The molecular weight excluding hydrogens is 1820 g/mol. The molecule has 754 valence electrons. The summed E-state index contributed by atoms with van der Waals surface area (Å²) in [5.74, 6) is -18.5. The molecule has 10 rings (SSSR count). The minimum Gasteiger partial charge on any atom is -0.508 e. The Morgan fingerprint density at radius 2 is 1.02 bits per heavy atom. The Bertz CT molecular complexity index is 5340. The highest BCUT2D eigenvalue weighted by atomic mass is 32.2. The van der Waals surface area contributed by atoms with E-state index >= 15 is 47.9 Å². The van der Waals surface area contributed by atoms with Gasteiger partial charge in [0.05, 0.1) is 30.7 Å². The Kier molecular flexibility index (Phi) is 40.0. The predicted molar refractivity (Wildman–Crippen MR) is 512 cm³/mol. The fourth-order valence-corrected chi connectivity index (χ4v) is 19.4. The maximum absolute atomic E-state index is 15.9. The lowest BCUT2D eigenvalue weighted by atomic mass is 9.79. The van der Waals surface area contributed by atoms with Crippen molar-refractivity contribution in [3.05, 3.63) is 120 Å². The van der Waals surface area contributed by atoms with Crippen LogP contribution in [0.25, 0.3) is 21.8 Å². The summed E-state index contributed by atoms with van der Waals surface area (Å²) < 4.78 is 0. The van der Waals surface area contributed by atoms with Crippen molar-refractivity contribution in [1.82, 2.24) is 97.6 Å². The van der Waals surface area contributed by atoms with Gasteiger partial charge in [0.1, 0.15) is 90.3 Å². The van der Waals surface area contributed by atoms with E-state index < -0.39 is 228 Å². The number of phenols is 1. The van der Waals surface area contributed by atoms with Gasteiger partial charge in [0.15, 0.2) is 0 Å². The number of H-pyrrole nitrogens is 3. The van der Waals surface area contributed by atoms with Crippen molar-refractivity contribution in [2.45, 2.75) is 253 Å². The zero-order valence-corrected chi connectivity index (χ0v) is 80.1. The first kappa shape index (κ1) is 108. The molecule has 44 heteroatoms. The number of carbonyl (C=O) groups is 18. The largest absolute Gasteiger partial charge is 0.508 e. The quantitative estimate of drug-likeness (QED) is 0.0299. The Morgan fingerprint density at radius 3 is 1.61 bits per heavy atom. The summed E-state index contributed by atoms with van der Waals surface area (Å²) in [6.07, 6.45) is 8.34.